The van der Waals surface area contributed by atoms with E-state index in [0.29, 0.717) is 30.2 Å². The summed E-state index contributed by atoms with van der Waals surface area (Å²) in [7, 11) is 0. The van der Waals surface area contributed by atoms with Crippen LogP contribution in [-0.2, 0) is 13.2 Å². The van der Waals surface area contributed by atoms with E-state index in [-0.39, 0.29) is 24.4 Å². The highest BCUT2D eigenvalue weighted by Crippen LogP contribution is 2.23. The molecule has 0 bridgehead atoms. The van der Waals surface area contributed by atoms with Crippen molar-refractivity contribution in [2.24, 2.45) is 0 Å². The van der Waals surface area contributed by atoms with Gasteiger partial charge in [0, 0.05) is 13.1 Å². The lowest BCUT2D eigenvalue weighted by Crippen LogP contribution is -2.41. The predicted molar refractivity (Wildman–Crippen MR) is 98.9 cm³/mol. The van der Waals surface area contributed by atoms with Crippen LogP contribution in [0.25, 0.3) is 0 Å². The van der Waals surface area contributed by atoms with Crippen molar-refractivity contribution in [1.82, 2.24) is 14.7 Å². The van der Waals surface area contributed by atoms with Gasteiger partial charge >= 0.3 is 0 Å². The number of amides is 1. The van der Waals surface area contributed by atoms with E-state index in [1.807, 2.05) is 42.2 Å². The second kappa shape index (κ2) is 7.23. The minimum Gasteiger partial charge on any atom is -0.487 e. The molecule has 3 aromatic rings. The molecule has 1 aromatic heterocycles. The summed E-state index contributed by atoms with van der Waals surface area (Å²) in [5, 5.41) is 4.53. The van der Waals surface area contributed by atoms with Crippen LogP contribution in [0.3, 0.4) is 0 Å². The van der Waals surface area contributed by atoms with Crippen LogP contribution in [0.15, 0.2) is 60.7 Å². The first-order valence-electron chi connectivity index (χ1n) is 8.90. The number of hydrogen-bond acceptors (Lipinski definition) is 3. The Labute approximate surface area is 157 Å². The Bertz CT molecular complexity index is 938. The van der Waals surface area contributed by atoms with Crippen LogP contribution in [0, 0.1) is 5.82 Å². The van der Waals surface area contributed by atoms with E-state index in [1.165, 1.54) is 12.1 Å². The van der Waals surface area contributed by atoms with Crippen molar-refractivity contribution in [2.75, 3.05) is 6.54 Å². The van der Waals surface area contributed by atoms with Crippen LogP contribution in [0.2, 0.25) is 0 Å². The molecule has 4 rings (SSSR count). The Morgan fingerprint density at radius 2 is 1.89 bits per heavy atom. The van der Waals surface area contributed by atoms with E-state index in [4.69, 9.17) is 4.74 Å². The number of halogens is 1. The molecule has 1 unspecified atom stereocenters. The molecule has 0 saturated carbocycles. The summed E-state index contributed by atoms with van der Waals surface area (Å²) < 4.78 is 20.4. The fourth-order valence-corrected chi connectivity index (χ4v) is 3.28. The molecule has 6 heteroatoms. The molecule has 5 nitrogen and oxygen atoms in total. The molecule has 1 aliphatic heterocycles. The summed E-state index contributed by atoms with van der Waals surface area (Å²) in [6.07, 6.45) is 0. The van der Waals surface area contributed by atoms with Crippen LogP contribution in [0.4, 0.5) is 4.39 Å². The molecule has 0 aliphatic carbocycles. The van der Waals surface area contributed by atoms with Crippen molar-refractivity contribution in [1.29, 1.82) is 0 Å². The van der Waals surface area contributed by atoms with Gasteiger partial charge in [0.2, 0.25) is 0 Å². The molecule has 27 heavy (non-hydrogen) atoms. The van der Waals surface area contributed by atoms with Gasteiger partial charge in [-0.2, -0.15) is 5.10 Å². The molecule has 138 valence electrons. The van der Waals surface area contributed by atoms with Crippen molar-refractivity contribution in [3.05, 3.63) is 83.4 Å². The van der Waals surface area contributed by atoms with Crippen LogP contribution >= 0.6 is 0 Å². The third-order valence-electron chi connectivity index (χ3n) is 4.61. The molecule has 0 N–H and O–H groups in total. The van der Waals surface area contributed by atoms with Gasteiger partial charge in [-0.15, -0.1) is 0 Å². The summed E-state index contributed by atoms with van der Waals surface area (Å²) in [5.74, 6) is 0.225. The van der Waals surface area contributed by atoms with Crippen LogP contribution in [0.1, 0.15) is 34.7 Å². The second-order valence-corrected chi connectivity index (χ2v) is 6.73. The van der Waals surface area contributed by atoms with E-state index in [2.05, 4.69) is 5.10 Å². The van der Waals surface area contributed by atoms with Gasteiger partial charge in [-0.05, 0) is 42.8 Å². The third kappa shape index (κ3) is 3.69. The lowest BCUT2D eigenvalue weighted by Gasteiger charge is -2.31. The monoisotopic (exact) mass is 365 g/mol. The quantitative estimate of drug-likeness (QED) is 0.691. The maximum absolute atomic E-state index is 13.0. The Kier molecular flexibility index (Phi) is 4.62. The number of ether oxygens (including phenoxy) is 1. The summed E-state index contributed by atoms with van der Waals surface area (Å²) in [6, 6.07) is 17.7. The van der Waals surface area contributed by atoms with Crippen molar-refractivity contribution in [3.63, 3.8) is 0 Å². The maximum Gasteiger partial charge on any atom is 0.272 e. The van der Waals surface area contributed by atoms with Gasteiger partial charge in [-0.1, -0.05) is 30.3 Å². The van der Waals surface area contributed by atoms with Gasteiger partial charge in [0.1, 0.15) is 29.6 Å². The zero-order valence-electron chi connectivity index (χ0n) is 15.0. The van der Waals surface area contributed by atoms with Gasteiger partial charge in [0.05, 0.1) is 6.04 Å². The molecule has 2 aromatic carbocycles. The molecule has 0 fully saturated rings. The van der Waals surface area contributed by atoms with E-state index < -0.39 is 0 Å². The molecule has 0 saturated heterocycles. The van der Waals surface area contributed by atoms with Crippen LogP contribution in [0.5, 0.6) is 5.75 Å². The second-order valence-electron chi connectivity index (χ2n) is 6.73. The van der Waals surface area contributed by atoms with Crippen molar-refractivity contribution < 1.29 is 13.9 Å². The van der Waals surface area contributed by atoms with Crippen LogP contribution < -0.4 is 4.74 Å². The normalized spacial score (nSPS) is 16.3. The lowest BCUT2D eigenvalue weighted by molar-refractivity contribution is 0.0651. The summed E-state index contributed by atoms with van der Waals surface area (Å²) in [4.78, 5) is 14.7. The van der Waals surface area contributed by atoms with E-state index in [9.17, 15) is 9.18 Å². The highest BCUT2D eigenvalue weighted by Gasteiger charge is 2.30. The predicted octanol–water partition coefficient (Wildman–Crippen LogP) is 3.82. The van der Waals surface area contributed by atoms with Gasteiger partial charge in [0.25, 0.3) is 5.91 Å². The smallest absolute Gasteiger partial charge is 0.272 e. The van der Waals surface area contributed by atoms with Gasteiger partial charge in [0.15, 0.2) is 0 Å². The largest absolute Gasteiger partial charge is 0.487 e. The fourth-order valence-electron chi connectivity index (χ4n) is 3.28. The molecular weight excluding hydrogens is 345 g/mol. The maximum atomic E-state index is 13.0. The van der Waals surface area contributed by atoms with E-state index >= 15 is 0 Å². The SMILES string of the molecule is CC1CN(Cc2ccccc2)C(=O)c2cc(COc3ccc(F)cc3)nn21. The number of aromatic nitrogens is 2. The topological polar surface area (TPSA) is 47.4 Å². The van der Waals surface area contributed by atoms with Crippen LogP contribution in [-0.4, -0.2) is 27.1 Å². The minimum absolute atomic E-state index is 0.0301. The molecule has 1 amide bonds. The number of fused-ring (bicyclic) bond motifs is 1. The Hall–Kier alpha value is -3.15. The number of benzene rings is 2. The average molecular weight is 365 g/mol. The number of carbonyl (C=O) groups is 1. The first-order valence-corrected chi connectivity index (χ1v) is 8.90. The van der Waals surface area contributed by atoms with Gasteiger partial charge < -0.3 is 9.64 Å². The first kappa shape index (κ1) is 17.3. The highest BCUT2D eigenvalue weighted by atomic mass is 19.1. The average Bonchev–Trinajstić information content (AvgIpc) is 3.12. The molecule has 2 heterocycles. The summed E-state index contributed by atoms with van der Waals surface area (Å²) in [5.41, 5.74) is 2.35. The van der Waals surface area contributed by atoms with Gasteiger partial charge in [-0.25, -0.2) is 4.39 Å². The highest BCUT2D eigenvalue weighted by molar-refractivity contribution is 5.93. The third-order valence-corrected chi connectivity index (χ3v) is 4.61. The summed E-state index contributed by atoms with van der Waals surface area (Å²) in [6.45, 7) is 3.47. The number of hydrogen-bond donors (Lipinski definition) is 0. The molecule has 0 radical (unpaired) electrons. The molecule has 0 spiro atoms. The first-order chi connectivity index (χ1) is 13.1. The number of carbonyl (C=O) groups excluding carboxylic acids is 1. The fraction of sp³-hybridized carbons (Fsp3) is 0.238. The Morgan fingerprint density at radius 3 is 2.63 bits per heavy atom. The molecular formula is C21H20FN3O2. The van der Waals surface area contributed by atoms with Crippen molar-refractivity contribution in [2.45, 2.75) is 26.1 Å². The van der Waals surface area contributed by atoms with E-state index in [1.54, 1.807) is 22.9 Å². The Morgan fingerprint density at radius 1 is 1.15 bits per heavy atom. The lowest BCUT2D eigenvalue weighted by atomic mass is 10.1. The number of nitrogens with zero attached hydrogens (tertiary/aromatic N) is 3. The zero-order valence-corrected chi connectivity index (χ0v) is 15.0. The Balaban J connectivity index is 1.49. The standard InChI is InChI=1S/C21H20FN3O2/c1-15-12-24(13-16-5-3-2-4-6-16)21(26)20-11-18(23-25(15)20)14-27-19-9-7-17(22)8-10-19/h2-11,15H,12-14H2,1H3. The van der Waals surface area contributed by atoms with E-state index in [0.717, 1.165) is 5.56 Å². The summed E-state index contributed by atoms with van der Waals surface area (Å²) >= 11 is 0. The zero-order chi connectivity index (χ0) is 18.8. The molecule has 1 aliphatic rings. The van der Waals surface area contributed by atoms with Gasteiger partial charge in [-0.3, -0.25) is 9.48 Å². The van der Waals surface area contributed by atoms with Crippen molar-refractivity contribution in [3.8, 4) is 5.75 Å². The number of rotatable bonds is 5. The minimum atomic E-state index is -0.308. The van der Waals surface area contributed by atoms with Crippen molar-refractivity contribution >= 4 is 5.91 Å². The molecule has 1 atom stereocenters.